The second-order valence-electron chi connectivity index (χ2n) is 7.68. The minimum Gasteiger partial charge on any atom is -0.394 e. The van der Waals surface area contributed by atoms with Gasteiger partial charge in [0.2, 0.25) is 0 Å². The van der Waals surface area contributed by atoms with E-state index in [1.54, 1.807) is 0 Å². The molecule has 0 atom stereocenters. The van der Waals surface area contributed by atoms with Gasteiger partial charge in [-0.15, -0.1) is 0 Å². The van der Waals surface area contributed by atoms with Gasteiger partial charge in [0.15, 0.2) is 0 Å². The molecule has 0 spiro atoms. The Morgan fingerprint density at radius 2 is 1.27 bits per heavy atom. The topological polar surface area (TPSA) is 30.9 Å². The maximum absolute atomic E-state index is 6.58. The molecule has 0 unspecified atom stereocenters. The van der Waals surface area contributed by atoms with Crippen LogP contribution in [0.15, 0.2) is 0 Å². The summed E-state index contributed by atoms with van der Waals surface area (Å²) in [7, 11) is -2.06. The molecule has 1 aliphatic rings. The van der Waals surface area contributed by atoms with Crippen molar-refractivity contribution in [2.24, 2.45) is 0 Å². The normalized spacial score (nSPS) is 16.3. The van der Waals surface area contributed by atoms with Gasteiger partial charge >= 0.3 is 8.56 Å². The number of hydrogen-bond acceptors (Lipinski definition) is 4. The third-order valence-corrected chi connectivity index (χ3v) is 8.96. The van der Waals surface area contributed by atoms with Crippen molar-refractivity contribution in [2.45, 2.75) is 90.6 Å². The first kappa shape index (κ1) is 24.1. The zero-order valence-electron chi connectivity index (χ0n) is 17.9. The van der Waals surface area contributed by atoms with Crippen LogP contribution in [0.5, 0.6) is 0 Å². The number of nitrogens with zero attached hydrogens (tertiary/aromatic N) is 1. The van der Waals surface area contributed by atoms with Crippen molar-refractivity contribution in [3.05, 3.63) is 0 Å². The number of ether oxygens (including phenoxy) is 1. The lowest BCUT2D eigenvalue weighted by molar-refractivity contribution is 0.0375. The van der Waals surface area contributed by atoms with Gasteiger partial charge in [-0.2, -0.15) is 0 Å². The van der Waals surface area contributed by atoms with Crippen LogP contribution in [-0.4, -0.2) is 59.5 Å². The van der Waals surface area contributed by atoms with E-state index in [4.69, 9.17) is 13.6 Å². The maximum Gasteiger partial charge on any atom is 0.338 e. The molecular formula is C21H45NO3Si. The molecule has 4 nitrogen and oxygen atoms in total. The minimum absolute atomic E-state index is 0.888. The van der Waals surface area contributed by atoms with E-state index >= 15 is 0 Å². The monoisotopic (exact) mass is 387 g/mol. The Morgan fingerprint density at radius 3 is 1.81 bits per heavy atom. The molecule has 0 aromatic heterocycles. The van der Waals surface area contributed by atoms with E-state index < -0.39 is 8.56 Å². The quantitative estimate of drug-likeness (QED) is 0.248. The first-order valence-electron chi connectivity index (χ1n) is 11.3. The van der Waals surface area contributed by atoms with Gasteiger partial charge in [-0.25, -0.2) is 0 Å². The fraction of sp³-hybridized carbons (Fsp3) is 1.00. The van der Waals surface area contributed by atoms with Crippen molar-refractivity contribution in [3.63, 3.8) is 0 Å². The van der Waals surface area contributed by atoms with E-state index in [0.29, 0.717) is 0 Å². The van der Waals surface area contributed by atoms with Crippen LogP contribution in [0.3, 0.4) is 0 Å². The molecule has 156 valence electrons. The van der Waals surface area contributed by atoms with E-state index in [9.17, 15) is 0 Å². The van der Waals surface area contributed by atoms with Crippen LogP contribution in [0.2, 0.25) is 12.1 Å². The predicted molar refractivity (Wildman–Crippen MR) is 113 cm³/mol. The summed E-state index contributed by atoms with van der Waals surface area (Å²) in [6.07, 6.45) is 11.1. The summed E-state index contributed by atoms with van der Waals surface area (Å²) in [6, 6.07) is 2.33. The van der Waals surface area contributed by atoms with E-state index in [0.717, 1.165) is 45.6 Å². The van der Waals surface area contributed by atoms with Crippen LogP contribution in [0.1, 0.15) is 78.6 Å². The zero-order valence-corrected chi connectivity index (χ0v) is 18.9. The van der Waals surface area contributed by atoms with E-state index in [1.165, 1.54) is 70.4 Å². The van der Waals surface area contributed by atoms with Gasteiger partial charge < -0.3 is 13.6 Å². The maximum atomic E-state index is 6.58. The van der Waals surface area contributed by atoms with E-state index in [1.807, 2.05) is 0 Å². The third kappa shape index (κ3) is 11.0. The van der Waals surface area contributed by atoms with Crippen LogP contribution in [0.25, 0.3) is 0 Å². The molecule has 0 saturated carbocycles. The number of hydrogen-bond donors (Lipinski definition) is 0. The largest absolute Gasteiger partial charge is 0.394 e. The first-order valence-corrected chi connectivity index (χ1v) is 13.6. The van der Waals surface area contributed by atoms with Gasteiger partial charge in [0.25, 0.3) is 0 Å². The highest BCUT2D eigenvalue weighted by Crippen LogP contribution is 2.25. The van der Waals surface area contributed by atoms with Gasteiger partial charge in [-0.3, -0.25) is 4.90 Å². The van der Waals surface area contributed by atoms with Gasteiger partial charge in [-0.1, -0.05) is 59.3 Å². The van der Waals surface area contributed by atoms with Crippen molar-refractivity contribution in [1.29, 1.82) is 0 Å². The van der Waals surface area contributed by atoms with Crippen molar-refractivity contribution in [2.75, 3.05) is 46.1 Å². The number of rotatable bonds is 17. The number of unbranched alkanes of at least 4 members (excludes halogenated alkanes) is 5. The van der Waals surface area contributed by atoms with Crippen molar-refractivity contribution >= 4 is 8.56 Å². The second-order valence-corrected chi connectivity index (χ2v) is 11.1. The molecule has 0 bridgehead atoms. The standard InChI is InChI=1S/C21H45NO3Si/c1-4-7-10-16-24-26(20-9-6-3,25-17-11-8-5-2)21-12-13-22-14-18-23-19-15-22/h4-21H2,1-3H3. The molecule has 0 N–H and O–H groups in total. The van der Waals surface area contributed by atoms with Crippen LogP contribution < -0.4 is 0 Å². The molecule has 0 aromatic rings. The molecule has 1 saturated heterocycles. The Labute approximate surface area is 164 Å². The summed E-state index contributed by atoms with van der Waals surface area (Å²) >= 11 is 0. The zero-order chi connectivity index (χ0) is 18.9. The van der Waals surface area contributed by atoms with Gasteiger partial charge in [0.1, 0.15) is 0 Å². The first-order chi connectivity index (χ1) is 12.8. The molecular weight excluding hydrogens is 342 g/mol. The Morgan fingerprint density at radius 1 is 0.731 bits per heavy atom. The molecule has 0 amide bonds. The lowest BCUT2D eigenvalue weighted by Crippen LogP contribution is -2.44. The number of morpholine rings is 1. The molecule has 0 aromatic carbocycles. The van der Waals surface area contributed by atoms with Crippen LogP contribution in [0.4, 0.5) is 0 Å². The molecule has 0 radical (unpaired) electrons. The smallest absolute Gasteiger partial charge is 0.338 e. The average molecular weight is 388 g/mol. The van der Waals surface area contributed by atoms with E-state index in [2.05, 4.69) is 25.7 Å². The summed E-state index contributed by atoms with van der Waals surface area (Å²) in [5.41, 5.74) is 0. The summed E-state index contributed by atoms with van der Waals surface area (Å²) in [5.74, 6) is 0. The minimum atomic E-state index is -2.06. The molecule has 5 heteroatoms. The lowest BCUT2D eigenvalue weighted by atomic mass is 10.3. The van der Waals surface area contributed by atoms with E-state index in [-0.39, 0.29) is 0 Å². The molecule has 1 heterocycles. The molecule has 1 rings (SSSR count). The highest BCUT2D eigenvalue weighted by molar-refractivity contribution is 6.67. The van der Waals surface area contributed by atoms with Crippen LogP contribution in [-0.2, 0) is 13.6 Å². The summed E-state index contributed by atoms with van der Waals surface area (Å²) < 4.78 is 18.6. The van der Waals surface area contributed by atoms with Gasteiger partial charge in [0, 0.05) is 26.3 Å². The Kier molecular flexibility index (Phi) is 14.9. The van der Waals surface area contributed by atoms with Crippen molar-refractivity contribution in [1.82, 2.24) is 4.90 Å². The lowest BCUT2D eigenvalue weighted by Gasteiger charge is -2.33. The highest BCUT2D eigenvalue weighted by Gasteiger charge is 2.36. The molecule has 1 fully saturated rings. The van der Waals surface area contributed by atoms with Crippen molar-refractivity contribution < 1.29 is 13.6 Å². The van der Waals surface area contributed by atoms with Gasteiger partial charge in [-0.05, 0) is 37.9 Å². The summed E-state index contributed by atoms with van der Waals surface area (Å²) in [6.45, 7) is 13.7. The highest BCUT2D eigenvalue weighted by atomic mass is 28.4. The molecule has 26 heavy (non-hydrogen) atoms. The Hall–Kier alpha value is 0.0569. The fourth-order valence-corrected chi connectivity index (χ4v) is 7.05. The second kappa shape index (κ2) is 16.1. The van der Waals surface area contributed by atoms with Crippen LogP contribution in [0, 0.1) is 0 Å². The Bertz CT molecular complexity index is 300. The average Bonchev–Trinajstić information content (AvgIpc) is 2.68. The van der Waals surface area contributed by atoms with Crippen LogP contribution >= 0.6 is 0 Å². The van der Waals surface area contributed by atoms with Crippen molar-refractivity contribution in [3.8, 4) is 0 Å². The SMILES string of the molecule is CCCCCO[Si](CCCC)(CCCN1CCOCC1)OCCCCC. The third-order valence-electron chi connectivity index (χ3n) is 5.27. The summed E-state index contributed by atoms with van der Waals surface area (Å²) in [4.78, 5) is 2.54. The fourth-order valence-electron chi connectivity index (χ4n) is 3.52. The Balaban J connectivity index is 2.53. The predicted octanol–water partition coefficient (Wildman–Crippen LogP) is 5.36. The molecule has 1 aliphatic heterocycles. The van der Waals surface area contributed by atoms with Gasteiger partial charge in [0.05, 0.1) is 13.2 Å². The summed E-state index contributed by atoms with van der Waals surface area (Å²) in [5, 5.41) is 0. The molecule has 0 aliphatic carbocycles.